The van der Waals surface area contributed by atoms with Crippen LogP contribution in [-0.4, -0.2) is 84.4 Å². The number of nitrogens with zero attached hydrogens (tertiary/aromatic N) is 2. The number of amides is 5. The average Bonchev–Trinajstić information content (AvgIpc) is 3.28. The molecule has 2 bridgehead atoms. The average molecular weight is 434 g/mol. The second-order valence-electron chi connectivity index (χ2n) is 6.91. The molecular weight excluding hydrogens is 412 g/mol. The van der Waals surface area contributed by atoms with Gasteiger partial charge in [-0.25, -0.2) is 4.79 Å². The number of rotatable bonds is 6. The number of piperidine rings is 1. The zero-order valence-corrected chi connectivity index (χ0v) is 16.1. The minimum atomic E-state index is -4.87. The van der Waals surface area contributed by atoms with Gasteiger partial charge in [0.1, 0.15) is 6.04 Å². The highest BCUT2D eigenvalue weighted by atomic mass is 32.3. The van der Waals surface area contributed by atoms with Gasteiger partial charge >= 0.3 is 16.4 Å². The molecule has 0 aromatic heterocycles. The lowest BCUT2D eigenvalue weighted by atomic mass is 10.0. The van der Waals surface area contributed by atoms with Gasteiger partial charge < -0.3 is 15.5 Å². The fraction of sp³-hybridized carbons (Fsp3) is 0.714. The maximum atomic E-state index is 12.4. The van der Waals surface area contributed by atoms with Gasteiger partial charge in [-0.2, -0.15) is 13.5 Å². The summed E-state index contributed by atoms with van der Waals surface area (Å²) in [4.78, 5) is 49.3. The number of hydrazine groups is 1. The Balaban J connectivity index is 1.45. The molecule has 3 aliphatic heterocycles. The predicted octanol–water partition coefficient (Wildman–Crippen LogP) is -2.99. The number of urea groups is 1. The summed E-state index contributed by atoms with van der Waals surface area (Å²) in [5, 5.41) is 5.88. The molecule has 0 aliphatic carbocycles. The fourth-order valence-electron chi connectivity index (χ4n) is 3.56. The van der Waals surface area contributed by atoms with Gasteiger partial charge in [-0.15, -0.1) is 4.28 Å². The van der Waals surface area contributed by atoms with Crippen LogP contribution in [0.1, 0.15) is 25.7 Å². The van der Waals surface area contributed by atoms with Crippen molar-refractivity contribution >= 4 is 34.2 Å². The summed E-state index contributed by atoms with van der Waals surface area (Å²) >= 11 is 0. The Morgan fingerprint density at radius 1 is 1.17 bits per heavy atom. The summed E-state index contributed by atoms with van der Waals surface area (Å²) in [7, 11) is -4.87. The normalized spacial score (nSPS) is 26.4. The lowest BCUT2D eigenvalue weighted by molar-refractivity contribution is -0.131. The van der Waals surface area contributed by atoms with Crippen molar-refractivity contribution in [3.63, 3.8) is 0 Å². The molecule has 14 nitrogen and oxygen atoms in total. The standard InChI is InChI=1S/C14H22N6O8S/c21-11(17-18-12(22)9-2-1-5-15-9)6-16-13(23)10-4-3-8-7-19(10)14(24)20(8)28-29(25,26)27/h8-10,15H,1-7H2,(H,16,23)(H,17,21)(H,18,22)(H,25,26,27)/t8?,9?,10-/m0/s1. The van der Waals surface area contributed by atoms with Gasteiger partial charge in [0.15, 0.2) is 0 Å². The van der Waals surface area contributed by atoms with Crippen molar-refractivity contribution in [2.24, 2.45) is 0 Å². The van der Waals surface area contributed by atoms with E-state index in [0.29, 0.717) is 11.5 Å². The Morgan fingerprint density at radius 2 is 1.93 bits per heavy atom. The van der Waals surface area contributed by atoms with Gasteiger partial charge in [-0.05, 0) is 32.2 Å². The molecule has 3 heterocycles. The zero-order valence-electron chi connectivity index (χ0n) is 15.3. The first-order chi connectivity index (χ1) is 13.7. The maximum Gasteiger partial charge on any atom is 0.418 e. The van der Waals surface area contributed by atoms with E-state index in [1.807, 2.05) is 0 Å². The van der Waals surface area contributed by atoms with E-state index in [4.69, 9.17) is 4.55 Å². The van der Waals surface area contributed by atoms with Crippen molar-refractivity contribution in [3.05, 3.63) is 0 Å². The van der Waals surface area contributed by atoms with E-state index < -0.39 is 46.9 Å². The maximum absolute atomic E-state index is 12.4. The first kappa shape index (κ1) is 21.2. The van der Waals surface area contributed by atoms with E-state index in [9.17, 15) is 27.6 Å². The molecule has 2 unspecified atom stereocenters. The molecule has 3 fully saturated rings. The molecule has 162 valence electrons. The Labute approximate surface area is 166 Å². The molecular formula is C14H22N6O8S. The van der Waals surface area contributed by atoms with E-state index in [2.05, 4.69) is 25.8 Å². The third kappa shape index (κ3) is 5.11. The lowest BCUT2D eigenvalue weighted by Gasteiger charge is -2.29. The van der Waals surface area contributed by atoms with E-state index in [0.717, 1.165) is 17.9 Å². The van der Waals surface area contributed by atoms with E-state index in [1.165, 1.54) is 0 Å². The topological polar surface area (TPSA) is 186 Å². The number of carbonyl (C=O) groups excluding carboxylic acids is 4. The Kier molecular flexibility index (Phi) is 6.21. The lowest BCUT2D eigenvalue weighted by Crippen LogP contribution is -2.54. The van der Waals surface area contributed by atoms with Crippen LogP contribution in [0.5, 0.6) is 0 Å². The van der Waals surface area contributed by atoms with Crippen LogP contribution in [0, 0.1) is 0 Å². The minimum Gasteiger partial charge on any atom is -0.345 e. The largest absolute Gasteiger partial charge is 0.418 e. The number of nitrogens with one attached hydrogen (secondary N) is 4. The summed E-state index contributed by atoms with van der Waals surface area (Å²) in [6.07, 6.45) is 2.03. The molecule has 0 aromatic carbocycles. The van der Waals surface area contributed by atoms with Gasteiger partial charge in [-0.3, -0.25) is 29.8 Å². The van der Waals surface area contributed by atoms with Gasteiger partial charge in [-0.1, -0.05) is 0 Å². The van der Waals surface area contributed by atoms with Crippen LogP contribution >= 0.6 is 0 Å². The summed E-state index contributed by atoms with van der Waals surface area (Å²) in [6.45, 7) is 0.347. The van der Waals surface area contributed by atoms with Crippen LogP contribution < -0.4 is 21.5 Å². The molecule has 29 heavy (non-hydrogen) atoms. The van der Waals surface area contributed by atoms with Crippen LogP contribution in [-0.2, 0) is 29.1 Å². The van der Waals surface area contributed by atoms with Crippen molar-refractivity contribution < 1.29 is 36.4 Å². The first-order valence-electron chi connectivity index (χ1n) is 9.02. The summed E-state index contributed by atoms with van der Waals surface area (Å²) in [5.74, 6) is -1.63. The van der Waals surface area contributed by atoms with Crippen molar-refractivity contribution in [1.29, 1.82) is 0 Å². The summed E-state index contributed by atoms with van der Waals surface area (Å²) in [5.41, 5.74) is 4.46. The number of hydrogen-bond acceptors (Lipinski definition) is 8. The van der Waals surface area contributed by atoms with Crippen molar-refractivity contribution in [2.75, 3.05) is 19.6 Å². The molecule has 3 aliphatic rings. The first-order valence-corrected chi connectivity index (χ1v) is 10.4. The minimum absolute atomic E-state index is 0.0447. The summed E-state index contributed by atoms with van der Waals surface area (Å²) in [6, 6.07) is -2.77. The number of hydroxylamine groups is 2. The van der Waals surface area contributed by atoms with Gasteiger partial charge in [0.25, 0.3) is 11.8 Å². The van der Waals surface area contributed by atoms with E-state index in [-0.39, 0.29) is 31.3 Å². The molecule has 0 aromatic rings. The quantitative estimate of drug-likeness (QED) is 0.214. The third-order valence-corrected chi connectivity index (χ3v) is 5.27. The van der Waals surface area contributed by atoms with E-state index in [1.54, 1.807) is 0 Å². The Morgan fingerprint density at radius 3 is 2.59 bits per heavy atom. The molecule has 5 amide bonds. The van der Waals surface area contributed by atoms with Crippen LogP contribution in [0.3, 0.4) is 0 Å². The third-order valence-electron chi connectivity index (χ3n) is 4.93. The van der Waals surface area contributed by atoms with Gasteiger partial charge in [0.05, 0.1) is 18.6 Å². The monoisotopic (exact) mass is 434 g/mol. The molecule has 3 rings (SSSR count). The van der Waals surface area contributed by atoms with Gasteiger partial charge in [0.2, 0.25) is 5.91 Å². The molecule has 15 heteroatoms. The highest BCUT2D eigenvalue weighted by Crippen LogP contribution is 2.30. The SMILES string of the molecule is O=C(CNC(=O)[C@@H]1CCC2CN1C(=O)N2OS(=O)(=O)O)NNC(=O)C1CCCN1. The van der Waals surface area contributed by atoms with Crippen molar-refractivity contribution in [3.8, 4) is 0 Å². The highest BCUT2D eigenvalue weighted by molar-refractivity contribution is 7.80. The van der Waals surface area contributed by atoms with Crippen molar-refractivity contribution in [2.45, 2.75) is 43.8 Å². The molecule has 5 N–H and O–H groups in total. The van der Waals surface area contributed by atoms with E-state index >= 15 is 0 Å². The number of fused-ring (bicyclic) bond motifs is 2. The van der Waals surface area contributed by atoms with Crippen LogP contribution in [0.2, 0.25) is 0 Å². The van der Waals surface area contributed by atoms with Crippen LogP contribution in [0.4, 0.5) is 4.79 Å². The fourth-order valence-corrected chi connectivity index (χ4v) is 3.95. The number of hydrogen-bond donors (Lipinski definition) is 5. The highest BCUT2D eigenvalue weighted by Gasteiger charge is 2.49. The van der Waals surface area contributed by atoms with Crippen LogP contribution in [0.25, 0.3) is 0 Å². The molecule has 0 radical (unpaired) electrons. The molecule has 0 saturated carbocycles. The smallest absolute Gasteiger partial charge is 0.345 e. The molecule has 0 spiro atoms. The molecule has 3 atom stereocenters. The predicted molar refractivity (Wildman–Crippen MR) is 93.7 cm³/mol. The Hall–Kier alpha value is -2.49. The second kappa shape index (κ2) is 8.48. The second-order valence-corrected chi connectivity index (χ2v) is 7.92. The Bertz CT molecular complexity index is 798. The number of carbonyl (C=O) groups is 4. The van der Waals surface area contributed by atoms with Crippen LogP contribution in [0.15, 0.2) is 0 Å². The van der Waals surface area contributed by atoms with Crippen molar-refractivity contribution in [1.82, 2.24) is 31.4 Å². The van der Waals surface area contributed by atoms with Gasteiger partial charge in [0, 0.05) is 6.54 Å². The zero-order chi connectivity index (χ0) is 21.2. The molecule has 3 saturated heterocycles. The summed E-state index contributed by atoms with van der Waals surface area (Å²) < 4.78 is 34.8.